The van der Waals surface area contributed by atoms with Gasteiger partial charge in [0.05, 0.1) is 24.4 Å². The number of morpholine rings is 1. The van der Waals surface area contributed by atoms with Crippen LogP contribution in [0.1, 0.15) is 27.7 Å². The van der Waals surface area contributed by atoms with Crippen LogP contribution in [0.15, 0.2) is 12.4 Å². The minimum absolute atomic E-state index is 0.378. The van der Waals surface area contributed by atoms with Crippen LogP contribution in [-0.4, -0.2) is 54.6 Å². The number of ether oxygens (including phenoxy) is 1. The summed E-state index contributed by atoms with van der Waals surface area (Å²) in [4.78, 5) is 11.1. The van der Waals surface area contributed by atoms with Crippen molar-refractivity contribution < 1.29 is 14.0 Å². The van der Waals surface area contributed by atoms with Crippen LogP contribution in [0.4, 0.5) is 5.82 Å². The lowest BCUT2D eigenvalue weighted by atomic mass is 9.84. The van der Waals surface area contributed by atoms with E-state index in [-0.39, 0.29) is 11.2 Å². The quantitative estimate of drug-likeness (QED) is 0.744. The average molecular weight is 291 g/mol. The second kappa shape index (κ2) is 5.23. The predicted molar refractivity (Wildman–Crippen MR) is 80.8 cm³/mol. The fraction of sp³-hybridized carbons (Fsp3) is 0.714. The normalized spacial score (nSPS) is 24.4. The molecule has 21 heavy (non-hydrogen) atoms. The molecule has 3 rings (SSSR count). The van der Waals surface area contributed by atoms with E-state index in [2.05, 4.69) is 14.9 Å². The first-order valence-electron chi connectivity index (χ1n) is 7.40. The summed E-state index contributed by atoms with van der Waals surface area (Å²) in [7, 11) is -0.485. The Balaban J connectivity index is 1.89. The van der Waals surface area contributed by atoms with Crippen LogP contribution in [0, 0.1) is 0 Å². The van der Waals surface area contributed by atoms with Crippen molar-refractivity contribution in [1.29, 1.82) is 0 Å². The summed E-state index contributed by atoms with van der Waals surface area (Å²) in [6.45, 7) is 11.2. The van der Waals surface area contributed by atoms with Crippen LogP contribution in [0.3, 0.4) is 0 Å². The Labute approximate surface area is 126 Å². The molecule has 2 aliphatic rings. The molecule has 0 bridgehead atoms. The largest absolute Gasteiger partial charge is 0.518 e. The van der Waals surface area contributed by atoms with Gasteiger partial charge in [0.25, 0.3) is 0 Å². The van der Waals surface area contributed by atoms with E-state index in [1.165, 1.54) is 0 Å². The molecule has 0 N–H and O–H groups in total. The first-order chi connectivity index (χ1) is 9.91. The van der Waals surface area contributed by atoms with Gasteiger partial charge in [-0.1, -0.05) is 0 Å². The standard InChI is InChI=1S/C14H22BN3O3/c1-13(2)14(3,4)21-15(20-13)11-12(17-6-5-16-11)18-7-9-19-10-8-18/h5-6H,7-10H2,1-4H3. The van der Waals surface area contributed by atoms with E-state index in [0.717, 1.165) is 24.5 Å². The van der Waals surface area contributed by atoms with E-state index in [1.807, 2.05) is 27.7 Å². The fourth-order valence-electron chi connectivity index (χ4n) is 2.48. The molecule has 6 nitrogen and oxygen atoms in total. The van der Waals surface area contributed by atoms with Gasteiger partial charge in [-0.3, -0.25) is 4.98 Å². The van der Waals surface area contributed by atoms with Gasteiger partial charge < -0.3 is 18.9 Å². The molecule has 0 spiro atoms. The molecular formula is C14H22BN3O3. The summed E-state index contributed by atoms with van der Waals surface area (Å²) >= 11 is 0. The van der Waals surface area contributed by atoms with Crippen molar-refractivity contribution in [3.05, 3.63) is 12.4 Å². The van der Waals surface area contributed by atoms with Gasteiger partial charge in [-0.25, -0.2) is 4.98 Å². The molecule has 3 heterocycles. The molecule has 0 radical (unpaired) electrons. The summed E-state index contributed by atoms with van der Waals surface area (Å²) in [5.74, 6) is 0.833. The van der Waals surface area contributed by atoms with Gasteiger partial charge in [-0.15, -0.1) is 0 Å². The highest BCUT2D eigenvalue weighted by Crippen LogP contribution is 2.36. The third kappa shape index (κ3) is 2.65. The minimum Gasteiger partial charge on any atom is -0.398 e. The van der Waals surface area contributed by atoms with E-state index in [9.17, 15) is 0 Å². The molecule has 0 aromatic carbocycles. The van der Waals surface area contributed by atoms with E-state index in [1.54, 1.807) is 12.4 Å². The Morgan fingerprint density at radius 3 is 2.19 bits per heavy atom. The van der Waals surface area contributed by atoms with Crippen molar-refractivity contribution in [3.63, 3.8) is 0 Å². The van der Waals surface area contributed by atoms with Gasteiger partial charge in [0, 0.05) is 25.5 Å². The van der Waals surface area contributed by atoms with Crippen LogP contribution < -0.4 is 10.5 Å². The highest BCUT2D eigenvalue weighted by atomic mass is 16.7. The highest BCUT2D eigenvalue weighted by Gasteiger charge is 2.53. The number of nitrogens with zero attached hydrogens (tertiary/aromatic N) is 3. The first kappa shape index (κ1) is 14.7. The van der Waals surface area contributed by atoms with Crippen molar-refractivity contribution in [2.45, 2.75) is 38.9 Å². The smallest absolute Gasteiger partial charge is 0.398 e. The molecule has 0 aliphatic carbocycles. The number of aromatic nitrogens is 2. The van der Waals surface area contributed by atoms with Gasteiger partial charge in [-0.05, 0) is 27.7 Å². The molecule has 7 heteroatoms. The molecular weight excluding hydrogens is 269 g/mol. The zero-order chi connectivity index (χ0) is 15.1. The maximum atomic E-state index is 6.10. The summed E-state index contributed by atoms with van der Waals surface area (Å²) in [6, 6.07) is 0. The molecule has 2 fully saturated rings. The van der Waals surface area contributed by atoms with Crippen LogP contribution in [0.5, 0.6) is 0 Å². The topological polar surface area (TPSA) is 56.7 Å². The lowest BCUT2D eigenvalue weighted by molar-refractivity contribution is 0.00578. The lowest BCUT2D eigenvalue weighted by Gasteiger charge is -2.32. The zero-order valence-electron chi connectivity index (χ0n) is 13.1. The summed E-state index contributed by atoms with van der Waals surface area (Å²) in [5, 5.41) is 0. The third-order valence-corrected chi connectivity index (χ3v) is 4.49. The minimum atomic E-state index is -0.485. The maximum Gasteiger partial charge on any atom is 0.518 e. The Morgan fingerprint density at radius 2 is 1.57 bits per heavy atom. The van der Waals surface area contributed by atoms with Gasteiger partial charge in [0.2, 0.25) is 0 Å². The monoisotopic (exact) mass is 291 g/mol. The Kier molecular flexibility index (Phi) is 3.67. The number of hydrogen-bond acceptors (Lipinski definition) is 6. The molecule has 2 aliphatic heterocycles. The summed E-state index contributed by atoms with van der Waals surface area (Å²) in [5.41, 5.74) is -0.00683. The predicted octanol–water partition coefficient (Wildman–Crippen LogP) is 0.612. The summed E-state index contributed by atoms with van der Waals surface area (Å²) in [6.07, 6.45) is 3.39. The number of anilines is 1. The van der Waals surface area contributed by atoms with Gasteiger partial charge in [0.15, 0.2) is 0 Å². The SMILES string of the molecule is CC1(C)OB(c2nccnc2N2CCOCC2)OC1(C)C. The molecule has 114 valence electrons. The Bertz CT molecular complexity index is 502. The third-order valence-electron chi connectivity index (χ3n) is 4.49. The van der Waals surface area contributed by atoms with Gasteiger partial charge in [0.1, 0.15) is 11.4 Å². The second-order valence-electron chi connectivity index (χ2n) is 6.45. The molecule has 0 amide bonds. The summed E-state index contributed by atoms with van der Waals surface area (Å²) < 4.78 is 17.6. The second-order valence-corrected chi connectivity index (χ2v) is 6.45. The van der Waals surface area contributed by atoms with E-state index in [0.29, 0.717) is 13.2 Å². The van der Waals surface area contributed by atoms with Crippen molar-refractivity contribution >= 4 is 18.5 Å². The first-order valence-corrected chi connectivity index (χ1v) is 7.40. The number of rotatable bonds is 2. The van der Waals surface area contributed by atoms with Crippen molar-refractivity contribution in [2.24, 2.45) is 0 Å². The molecule has 0 saturated carbocycles. The van der Waals surface area contributed by atoms with Gasteiger partial charge in [-0.2, -0.15) is 0 Å². The van der Waals surface area contributed by atoms with Gasteiger partial charge >= 0.3 is 7.12 Å². The Hall–Kier alpha value is -1.18. The molecule has 1 aromatic rings. The van der Waals surface area contributed by atoms with Crippen molar-refractivity contribution in [2.75, 3.05) is 31.2 Å². The van der Waals surface area contributed by atoms with Crippen LogP contribution in [0.2, 0.25) is 0 Å². The van der Waals surface area contributed by atoms with E-state index < -0.39 is 7.12 Å². The molecule has 2 saturated heterocycles. The average Bonchev–Trinajstić information content (AvgIpc) is 2.68. The fourth-order valence-corrected chi connectivity index (χ4v) is 2.48. The van der Waals surface area contributed by atoms with Crippen molar-refractivity contribution in [1.82, 2.24) is 9.97 Å². The molecule has 0 unspecified atom stereocenters. The Morgan fingerprint density at radius 1 is 1.00 bits per heavy atom. The van der Waals surface area contributed by atoms with Crippen LogP contribution in [0.25, 0.3) is 0 Å². The number of hydrogen-bond donors (Lipinski definition) is 0. The zero-order valence-corrected chi connectivity index (χ0v) is 13.1. The van der Waals surface area contributed by atoms with E-state index in [4.69, 9.17) is 14.0 Å². The molecule has 0 atom stereocenters. The maximum absolute atomic E-state index is 6.10. The highest BCUT2D eigenvalue weighted by molar-refractivity contribution is 6.62. The molecule has 1 aromatic heterocycles. The van der Waals surface area contributed by atoms with Crippen molar-refractivity contribution in [3.8, 4) is 0 Å². The van der Waals surface area contributed by atoms with Crippen LogP contribution >= 0.6 is 0 Å². The van der Waals surface area contributed by atoms with E-state index >= 15 is 0 Å². The van der Waals surface area contributed by atoms with Crippen LogP contribution in [-0.2, 0) is 14.0 Å². The lowest BCUT2D eigenvalue weighted by Crippen LogP contribution is -2.45.